The van der Waals surface area contributed by atoms with E-state index in [1.807, 2.05) is 16.9 Å². The first kappa shape index (κ1) is 16.1. The van der Waals surface area contributed by atoms with Crippen molar-refractivity contribution < 1.29 is 0 Å². The van der Waals surface area contributed by atoms with Gasteiger partial charge in [-0.2, -0.15) is 0 Å². The molecule has 2 heterocycles. The summed E-state index contributed by atoms with van der Waals surface area (Å²) in [6, 6.07) is 4.65. The molecule has 0 saturated heterocycles. The zero-order valence-electron chi connectivity index (χ0n) is 14.1. The molecule has 0 amide bonds. The molecule has 6 heteroatoms. The number of rotatable bonds is 7. The zero-order chi connectivity index (χ0) is 16.1. The molecule has 0 spiro atoms. The first-order valence-corrected chi connectivity index (χ1v) is 8.76. The minimum atomic E-state index is 0.381. The summed E-state index contributed by atoms with van der Waals surface area (Å²) >= 11 is 0. The number of aromatic nitrogens is 5. The van der Waals surface area contributed by atoms with Gasteiger partial charge in [0.15, 0.2) is 5.82 Å². The van der Waals surface area contributed by atoms with Gasteiger partial charge in [-0.15, -0.1) is 5.10 Å². The highest BCUT2D eigenvalue weighted by Gasteiger charge is 2.27. The van der Waals surface area contributed by atoms with Crippen LogP contribution in [0.1, 0.15) is 62.7 Å². The van der Waals surface area contributed by atoms with Crippen LogP contribution in [0, 0.1) is 0 Å². The predicted molar refractivity (Wildman–Crippen MR) is 88.7 cm³/mol. The van der Waals surface area contributed by atoms with Crippen LogP contribution in [0.15, 0.2) is 18.3 Å². The predicted octanol–water partition coefficient (Wildman–Crippen LogP) is 2.77. The minimum Gasteiger partial charge on any atom is -0.287 e. The fourth-order valence-electron chi connectivity index (χ4n) is 3.48. The minimum absolute atomic E-state index is 0.381. The van der Waals surface area contributed by atoms with E-state index in [-0.39, 0.29) is 0 Å². The summed E-state index contributed by atoms with van der Waals surface area (Å²) in [5.74, 6) is 0.961. The lowest BCUT2D eigenvalue weighted by Crippen LogP contribution is -2.33. The Bertz CT molecular complexity index is 623. The van der Waals surface area contributed by atoms with Crippen LogP contribution in [0.4, 0.5) is 0 Å². The molecule has 23 heavy (non-hydrogen) atoms. The van der Waals surface area contributed by atoms with Gasteiger partial charge in [-0.3, -0.25) is 9.88 Å². The van der Waals surface area contributed by atoms with E-state index in [0.717, 1.165) is 44.7 Å². The second-order valence-corrected chi connectivity index (χ2v) is 6.24. The number of pyridine rings is 1. The van der Waals surface area contributed by atoms with Crippen LogP contribution in [-0.2, 0) is 19.5 Å². The van der Waals surface area contributed by atoms with Crippen LogP contribution in [0.2, 0.25) is 0 Å². The highest BCUT2D eigenvalue weighted by molar-refractivity contribution is 5.25. The van der Waals surface area contributed by atoms with E-state index in [9.17, 15) is 0 Å². The Balaban J connectivity index is 1.83. The lowest BCUT2D eigenvalue weighted by molar-refractivity contribution is 0.159. The topological polar surface area (TPSA) is 59.7 Å². The molecule has 3 rings (SSSR count). The van der Waals surface area contributed by atoms with Crippen molar-refractivity contribution in [2.75, 3.05) is 6.54 Å². The van der Waals surface area contributed by atoms with Crippen LogP contribution in [0.3, 0.4) is 0 Å². The summed E-state index contributed by atoms with van der Waals surface area (Å²) in [6.45, 7) is 7.09. The van der Waals surface area contributed by atoms with Crippen LogP contribution in [-0.4, -0.2) is 36.6 Å². The molecule has 0 saturated carbocycles. The first-order valence-electron chi connectivity index (χ1n) is 8.76. The number of fused-ring (bicyclic) bond motifs is 1. The number of hydrogen-bond donors (Lipinski definition) is 0. The number of aryl methyl sites for hydroxylation is 2. The molecule has 6 nitrogen and oxygen atoms in total. The Kier molecular flexibility index (Phi) is 5.33. The first-order chi connectivity index (χ1) is 11.3. The van der Waals surface area contributed by atoms with Gasteiger partial charge < -0.3 is 0 Å². The molecule has 1 aliphatic rings. The van der Waals surface area contributed by atoms with Gasteiger partial charge >= 0.3 is 0 Å². The SMILES string of the molecule is CCCN(Cc1nnnn1CCC)[C@H]1CCCc2cccnc21. The lowest BCUT2D eigenvalue weighted by Gasteiger charge is -2.34. The molecule has 1 aliphatic carbocycles. The highest BCUT2D eigenvalue weighted by atomic mass is 15.5. The molecule has 1 atom stereocenters. The highest BCUT2D eigenvalue weighted by Crippen LogP contribution is 2.33. The van der Waals surface area contributed by atoms with Crippen LogP contribution >= 0.6 is 0 Å². The lowest BCUT2D eigenvalue weighted by atomic mass is 9.90. The third-order valence-corrected chi connectivity index (χ3v) is 4.50. The van der Waals surface area contributed by atoms with Crippen molar-refractivity contribution >= 4 is 0 Å². The maximum Gasteiger partial charge on any atom is 0.165 e. The molecule has 0 aromatic carbocycles. The Morgan fingerprint density at radius 1 is 1.30 bits per heavy atom. The molecule has 0 fully saturated rings. The van der Waals surface area contributed by atoms with Gasteiger partial charge in [-0.25, -0.2) is 4.68 Å². The van der Waals surface area contributed by atoms with Gasteiger partial charge in [0, 0.05) is 12.7 Å². The summed E-state index contributed by atoms with van der Waals surface area (Å²) in [4.78, 5) is 7.19. The second-order valence-electron chi connectivity index (χ2n) is 6.24. The molecule has 0 bridgehead atoms. The Morgan fingerprint density at radius 2 is 2.22 bits per heavy atom. The van der Waals surface area contributed by atoms with Crippen LogP contribution in [0.5, 0.6) is 0 Å². The molecule has 0 N–H and O–H groups in total. The normalized spacial score (nSPS) is 17.4. The average molecular weight is 314 g/mol. The van der Waals surface area contributed by atoms with E-state index in [1.54, 1.807) is 0 Å². The average Bonchev–Trinajstić information content (AvgIpc) is 3.01. The number of tetrazole rings is 1. The van der Waals surface area contributed by atoms with Gasteiger partial charge in [-0.05, 0) is 60.7 Å². The van der Waals surface area contributed by atoms with Crippen molar-refractivity contribution in [3.05, 3.63) is 35.4 Å². The van der Waals surface area contributed by atoms with Gasteiger partial charge in [0.25, 0.3) is 0 Å². The summed E-state index contributed by atoms with van der Waals surface area (Å²) in [5, 5.41) is 12.2. The monoisotopic (exact) mass is 314 g/mol. The van der Waals surface area contributed by atoms with E-state index in [2.05, 4.69) is 40.3 Å². The van der Waals surface area contributed by atoms with Gasteiger partial charge in [0.05, 0.1) is 18.3 Å². The zero-order valence-corrected chi connectivity index (χ0v) is 14.1. The molecular weight excluding hydrogens is 288 g/mol. The summed E-state index contributed by atoms with van der Waals surface area (Å²) < 4.78 is 1.94. The van der Waals surface area contributed by atoms with Crippen molar-refractivity contribution in [2.45, 2.75) is 65.1 Å². The third kappa shape index (κ3) is 3.58. The van der Waals surface area contributed by atoms with Crippen molar-refractivity contribution in [1.29, 1.82) is 0 Å². The maximum atomic E-state index is 4.69. The van der Waals surface area contributed by atoms with E-state index >= 15 is 0 Å². The van der Waals surface area contributed by atoms with Gasteiger partial charge in [0.2, 0.25) is 0 Å². The van der Waals surface area contributed by atoms with Crippen molar-refractivity contribution in [3.8, 4) is 0 Å². The molecule has 0 aliphatic heterocycles. The van der Waals surface area contributed by atoms with Gasteiger partial charge in [0.1, 0.15) is 0 Å². The van der Waals surface area contributed by atoms with E-state index in [0.29, 0.717) is 6.04 Å². The number of nitrogens with zero attached hydrogens (tertiary/aromatic N) is 6. The fraction of sp³-hybridized carbons (Fsp3) is 0.647. The Morgan fingerprint density at radius 3 is 3.04 bits per heavy atom. The van der Waals surface area contributed by atoms with E-state index in [4.69, 9.17) is 4.98 Å². The smallest absolute Gasteiger partial charge is 0.165 e. The fourth-order valence-corrected chi connectivity index (χ4v) is 3.48. The molecule has 124 valence electrons. The molecule has 0 unspecified atom stereocenters. The van der Waals surface area contributed by atoms with Crippen LogP contribution in [0.25, 0.3) is 0 Å². The van der Waals surface area contributed by atoms with Crippen molar-refractivity contribution in [1.82, 2.24) is 30.1 Å². The number of hydrogen-bond acceptors (Lipinski definition) is 5. The van der Waals surface area contributed by atoms with Crippen molar-refractivity contribution in [2.24, 2.45) is 0 Å². The van der Waals surface area contributed by atoms with Crippen LogP contribution < -0.4 is 0 Å². The molecule has 2 aromatic rings. The van der Waals surface area contributed by atoms with Gasteiger partial charge in [-0.1, -0.05) is 19.9 Å². The second kappa shape index (κ2) is 7.64. The Hall–Kier alpha value is -1.82. The third-order valence-electron chi connectivity index (χ3n) is 4.50. The Labute approximate surface area is 137 Å². The molecule has 0 radical (unpaired) electrons. The summed E-state index contributed by atoms with van der Waals surface area (Å²) in [7, 11) is 0. The standard InChI is InChI=1S/C17H26N6/c1-3-11-22(13-16-19-20-21-23(16)12-4-2)15-9-5-7-14-8-6-10-18-17(14)15/h6,8,10,15H,3-5,7,9,11-13H2,1-2H3/t15-/m0/s1. The molecule has 2 aromatic heterocycles. The molecular formula is C17H26N6. The largest absolute Gasteiger partial charge is 0.287 e. The van der Waals surface area contributed by atoms with Crippen molar-refractivity contribution in [3.63, 3.8) is 0 Å². The summed E-state index contributed by atoms with van der Waals surface area (Å²) in [5.41, 5.74) is 2.65. The van der Waals surface area contributed by atoms with E-state index in [1.165, 1.54) is 24.1 Å². The summed E-state index contributed by atoms with van der Waals surface area (Å²) in [6.07, 6.45) is 7.62. The maximum absolute atomic E-state index is 4.69. The van der Waals surface area contributed by atoms with E-state index < -0.39 is 0 Å². The quantitative estimate of drug-likeness (QED) is 0.786.